The normalized spacial score (nSPS) is 53.6. The zero-order valence-corrected chi connectivity index (χ0v) is 11.6. The standard InChI is InChI=1S/C13H18F2O4S/c14-13(15,20(17,18)19)9-3-5-1-7(9)12-8-2-6(11(5)12)4-10(8)16/h5-12,16H,1-4H2,(H,17,18,19). The largest absolute Gasteiger partial charge is 0.393 e. The van der Waals surface area contributed by atoms with Gasteiger partial charge in [0.25, 0.3) is 0 Å². The van der Waals surface area contributed by atoms with E-state index in [9.17, 15) is 22.3 Å². The Morgan fingerprint density at radius 2 is 1.55 bits per heavy atom. The molecule has 0 heterocycles. The molecule has 4 fully saturated rings. The molecule has 4 saturated carbocycles. The number of halogens is 2. The van der Waals surface area contributed by atoms with Gasteiger partial charge in [-0.15, -0.1) is 0 Å². The SMILES string of the molecule is O=S(=O)(O)C(F)(F)C1CC2CC1C1C3CC(CC3O)C21. The van der Waals surface area contributed by atoms with Crippen LogP contribution in [-0.4, -0.2) is 29.4 Å². The first-order chi connectivity index (χ1) is 9.22. The van der Waals surface area contributed by atoms with E-state index in [4.69, 9.17) is 4.55 Å². The van der Waals surface area contributed by atoms with Crippen LogP contribution < -0.4 is 0 Å². The van der Waals surface area contributed by atoms with E-state index in [1.165, 1.54) is 0 Å². The Labute approximate surface area is 116 Å². The van der Waals surface area contributed by atoms with Crippen molar-refractivity contribution in [1.29, 1.82) is 0 Å². The topological polar surface area (TPSA) is 74.6 Å². The highest BCUT2D eigenvalue weighted by molar-refractivity contribution is 7.86. The molecule has 0 aromatic carbocycles. The number of fused-ring (bicyclic) bond motifs is 9. The summed E-state index contributed by atoms with van der Waals surface area (Å²) in [5.74, 6) is -0.607. The van der Waals surface area contributed by atoms with E-state index in [1.807, 2.05) is 0 Å². The molecule has 0 amide bonds. The molecule has 8 atom stereocenters. The fourth-order valence-corrected chi connectivity index (χ4v) is 6.80. The first kappa shape index (κ1) is 13.4. The third-order valence-corrected chi connectivity index (χ3v) is 7.55. The third-order valence-electron chi connectivity index (χ3n) is 6.56. The average molecular weight is 308 g/mol. The summed E-state index contributed by atoms with van der Waals surface area (Å²) in [6.07, 6.45) is 2.07. The van der Waals surface area contributed by atoms with Crippen molar-refractivity contribution in [2.75, 3.05) is 0 Å². The highest BCUT2D eigenvalue weighted by Crippen LogP contribution is 2.70. The second kappa shape index (κ2) is 3.73. The molecule has 20 heavy (non-hydrogen) atoms. The molecule has 4 aliphatic carbocycles. The summed E-state index contributed by atoms with van der Waals surface area (Å²) in [4.78, 5) is 0. The van der Waals surface area contributed by atoms with Gasteiger partial charge in [0.05, 0.1) is 6.10 Å². The molecule has 4 bridgehead atoms. The van der Waals surface area contributed by atoms with Gasteiger partial charge in [0.1, 0.15) is 0 Å². The Balaban J connectivity index is 1.67. The lowest BCUT2D eigenvalue weighted by molar-refractivity contribution is -0.0563. The van der Waals surface area contributed by atoms with E-state index in [0.717, 1.165) is 12.8 Å². The van der Waals surface area contributed by atoms with E-state index in [-0.39, 0.29) is 30.1 Å². The highest BCUT2D eigenvalue weighted by Gasteiger charge is 2.70. The summed E-state index contributed by atoms with van der Waals surface area (Å²) >= 11 is 0. The maximum atomic E-state index is 14.0. The molecular weight excluding hydrogens is 290 g/mol. The molecule has 4 rings (SSSR count). The van der Waals surface area contributed by atoms with Crippen molar-refractivity contribution in [3.63, 3.8) is 0 Å². The molecule has 4 nitrogen and oxygen atoms in total. The lowest BCUT2D eigenvalue weighted by Crippen LogP contribution is -2.46. The molecule has 0 aromatic heterocycles. The number of hydrogen-bond donors (Lipinski definition) is 2. The molecule has 0 saturated heterocycles. The summed E-state index contributed by atoms with van der Waals surface area (Å²) in [7, 11) is -5.36. The van der Waals surface area contributed by atoms with Crippen molar-refractivity contribution in [3.8, 4) is 0 Å². The van der Waals surface area contributed by atoms with Crippen molar-refractivity contribution in [2.24, 2.45) is 41.4 Å². The van der Waals surface area contributed by atoms with Crippen LogP contribution in [0.25, 0.3) is 0 Å². The minimum absolute atomic E-state index is 0.0279. The second-order valence-corrected chi connectivity index (χ2v) is 8.65. The minimum Gasteiger partial charge on any atom is -0.393 e. The van der Waals surface area contributed by atoms with Crippen LogP contribution in [0.3, 0.4) is 0 Å². The fourth-order valence-electron chi connectivity index (χ4n) is 6.15. The van der Waals surface area contributed by atoms with Crippen LogP contribution in [-0.2, 0) is 10.1 Å². The van der Waals surface area contributed by atoms with Crippen LogP contribution in [0, 0.1) is 41.4 Å². The molecule has 114 valence electrons. The van der Waals surface area contributed by atoms with E-state index in [0.29, 0.717) is 18.3 Å². The fraction of sp³-hybridized carbons (Fsp3) is 1.00. The maximum absolute atomic E-state index is 14.0. The second-order valence-electron chi connectivity index (χ2n) is 7.16. The van der Waals surface area contributed by atoms with Gasteiger partial charge < -0.3 is 5.11 Å². The quantitative estimate of drug-likeness (QED) is 0.602. The van der Waals surface area contributed by atoms with Gasteiger partial charge in [0.2, 0.25) is 0 Å². The van der Waals surface area contributed by atoms with Gasteiger partial charge in [-0.05, 0) is 61.2 Å². The van der Waals surface area contributed by atoms with Crippen molar-refractivity contribution in [1.82, 2.24) is 0 Å². The summed E-state index contributed by atoms with van der Waals surface area (Å²) in [6, 6.07) is 0. The van der Waals surface area contributed by atoms with Gasteiger partial charge in [-0.25, -0.2) is 0 Å². The summed E-state index contributed by atoms with van der Waals surface area (Å²) < 4.78 is 58.8. The first-order valence-corrected chi connectivity index (χ1v) is 8.68. The van der Waals surface area contributed by atoms with Crippen molar-refractivity contribution >= 4 is 10.1 Å². The third kappa shape index (κ3) is 1.44. The van der Waals surface area contributed by atoms with Crippen LogP contribution in [0.5, 0.6) is 0 Å². The summed E-state index contributed by atoms with van der Waals surface area (Å²) in [6.45, 7) is 0. The molecule has 7 heteroatoms. The molecule has 4 aliphatic rings. The van der Waals surface area contributed by atoms with E-state index in [1.54, 1.807) is 0 Å². The Kier molecular flexibility index (Phi) is 2.50. The maximum Gasteiger partial charge on any atom is 0.372 e. The zero-order valence-electron chi connectivity index (χ0n) is 10.8. The number of aliphatic hydroxyl groups is 1. The van der Waals surface area contributed by atoms with E-state index >= 15 is 0 Å². The smallest absolute Gasteiger partial charge is 0.372 e. The van der Waals surface area contributed by atoms with Crippen LogP contribution in [0.1, 0.15) is 25.7 Å². The number of hydrogen-bond acceptors (Lipinski definition) is 3. The molecule has 0 aromatic rings. The van der Waals surface area contributed by atoms with Gasteiger partial charge in [0.15, 0.2) is 0 Å². The van der Waals surface area contributed by atoms with Gasteiger partial charge >= 0.3 is 15.4 Å². The summed E-state index contributed by atoms with van der Waals surface area (Å²) in [5, 5.41) is 5.94. The predicted octanol–water partition coefficient (Wildman–Crippen LogP) is 1.76. The van der Waals surface area contributed by atoms with Gasteiger partial charge in [-0.3, -0.25) is 4.55 Å². The van der Waals surface area contributed by atoms with Crippen molar-refractivity contribution in [3.05, 3.63) is 0 Å². The monoisotopic (exact) mass is 308 g/mol. The van der Waals surface area contributed by atoms with Crippen molar-refractivity contribution in [2.45, 2.75) is 37.0 Å². The Morgan fingerprint density at radius 1 is 0.950 bits per heavy atom. The van der Waals surface area contributed by atoms with Gasteiger partial charge in [0, 0.05) is 5.92 Å². The highest BCUT2D eigenvalue weighted by atomic mass is 32.2. The molecule has 0 aliphatic heterocycles. The first-order valence-electron chi connectivity index (χ1n) is 7.24. The molecular formula is C13H18F2O4S. The predicted molar refractivity (Wildman–Crippen MR) is 65.4 cm³/mol. The molecule has 0 radical (unpaired) electrons. The zero-order chi connectivity index (χ0) is 14.4. The molecule has 8 unspecified atom stereocenters. The van der Waals surface area contributed by atoms with E-state index in [2.05, 4.69) is 0 Å². The Hall–Kier alpha value is -0.270. The Bertz CT molecular complexity index is 549. The van der Waals surface area contributed by atoms with E-state index < -0.39 is 27.4 Å². The number of alkyl halides is 2. The van der Waals surface area contributed by atoms with Gasteiger partial charge in [-0.1, -0.05) is 0 Å². The van der Waals surface area contributed by atoms with Crippen molar-refractivity contribution < 1.29 is 26.9 Å². The lowest BCUT2D eigenvalue weighted by Gasteiger charge is -2.41. The van der Waals surface area contributed by atoms with Crippen LogP contribution in [0.2, 0.25) is 0 Å². The number of aliphatic hydroxyl groups excluding tert-OH is 1. The van der Waals surface area contributed by atoms with Crippen LogP contribution in [0.4, 0.5) is 8.78 Å². The average Bonchev–Trinajstić information content (AvgIpc) is 3.02. The molecule has 2 N–H and O–H groups in total. The summed E-state index contributed by atoms with van der Waals surface area (Å²) in [5.41, 5.74) is 0. The minimum atomic E-state index is -5.36. The number of rotatable bonds is 2. The van der Waals surface area contributed by atoms with Crippen LogP contribution >= 0.6 is 0 Å². The Morgan fingerprint density at radius 3 is 2.20 bits per heavy atom. The van der Waals surface area contributed by atoms with Gasteiger partial charge in [-0.2, -0.15) is 17.2 Å². The molecule has 0 spiro atoms. The lowest BCUT2D eigenvalue weighted by atomic mass is 9.67. The van der Waals surface area contributed by atoms with Crippen LogP contribution in [0.15, 0.2) is 0 Å².